The van der Waals surface area contributed by atoms with Crippen LogP contribution in [0.3, 0.4) is 0 Å². The molecule has 0 bridgehead atoms. The normalized spacial score (nSPS) is 21.3. The molecule has 9 nitrogen and oxygen atoms in total. The van der Waals surface area contributed by atoms with Crippen LogP contribution in [0.1, 0.15) is 13.3 Å². The Labute approximate surface area is 131 Å². The summed E-state index contributed by atoms with van der Waals surface area (Å²) in [5.41, 5.74) is 0. The molecule has 11 heteroatoms. The first-order chi connectivity index (χ1) is 10.1. The summed E-state index contributed by atoms with van der Waals surface area (Å²) in [6, 6.07) is 0. The van der Waals surface area contributed by atoms with E-state index in [1.54, 1.807) is 9.80 Å². The van der Waals surface area contributed by atoms with Crippen LogP contribution in [-0.4, -0.2) is 92.7 Å². The lowest BCUT2D eigenvalue weighted by Crippen LogP contribution is -2.36. The van der Waals surface area contributed by atoms with Crippen LogP contribution in [0.15, 0.2) is 0 Å². The van der Waals surface area contributed by atoms with Crippen molar-refractivity contribution in [2.75, 3.05) is 58.4 Å². The molecule has 1 fully saturated rings. The minimum Gasteiger partial charge on any atom is -0.324 e. The Hall–Kier alpha value is 0.180. The van der Waals surface area contributed by atoms with E-state index in [0.717, 1.165) is 13.0 Å². The van der Waals surface area contributed by atoms with E-state index in [9.17, 15) is 9.13 Å². The predicted octanol–water partition coefficient (Wildman–Crippen LogP) is -0.414. The quantitative estimate of drug-likeness (QED) is 0.468. The minimum atomic E-state index is -4.14. The number of rotatable bonds is 6. The highest BCUT2D eigenvalue weighted by Crippen LogP contribution is 2.36. The lowest BCUT2D eigenvalue weighted by atomic mass is 10.4. The molecule has 0 aromatic heterocycles. The van der Waals surface area contributed by atoms with E-state index in [0.29, 0.717) is 39.3 Å². The SMILES string of the molecule is CCCN1CCN(CP(=O)(O)O)CCN(CP(=O)(O)O)CC1. The second-order valence-corrected chi connectivity index (χ2v) is 8.91. The summed E-state index contributed by atoms with van der Waals surface area (Å²) >= 11 is 0. The Morgan fingerprint density at radius 3 is 1.32 bits per heavy atom. The second-order valence-electron chi connectivity index (χ2n) is 5.69. The summed E-state index contributed by atoms with van der Waals surface area (Å²) in [7, 11) is -8.28. The van der Waals surface area contributed by atoms with Gasteiger partial charge in [0, 0.05) is 39.3 Å². The molecule has 22 heavy (non-hydrogen) atoms. The van der Waals surface area contributed by atoms with E-state index in [4.69, 9.17) is 19.6 Å². The number of nitrogens with zero attached hydrogens (tertiary/aromatic N) is 3. The zero-order chi connectivity index (χ0) is 16.8. The first-order valence-corrected chi connectivity index (χ1v) is 10.9. The molecule has 1 aliphatic heterocycles. The highest BCUT2D eigenvalue weighted by atomic mass is 31.2. The average Bonchev–Trinajstić information content (AvgIpc) is 2.41. The summed E-state index contributed by atoms with van der Waals surface area (Å²) in [4.78, 5) is 42.1. The zero-order valence-electron chi connectivity index (χ0n) is 12.9. The highest BCUT2D eigenvalue weighted by molar-refractivity contribution is 7.51. The van der Waals surface area contributed by atoms with Gasteiger partial charge in [-0.1, -0.05) is 6.92 Å². The molecular formula is C11H27N3O6P2. The summed E-state index contributed by atoms with van der Waals surface area (Å²) in [6.07, 6.45) is 0.310. The summed E-state index contributed by atoms with van der Waals surface area (Å²) in [6.45, 7) is 6.12. The molecule has 0 aromatic rings. The molecule has 0 amide bonds. The van der Waals surface area contributed by atoms with E-state index in [1.165, 1.54) is 0 Å². The summed E-state index contributed by atoms with van der Waals surface area (Å²) in [5, 5.41) is 0. The monoisotopic (exact) mass is 359 g/mol. The van der Waals surface area contributed by atoms with Gasteiger partial charge in [-0.3, -0.25) is 18.9 Å². The molecule has 0 aromatic carbocycles. The molecule has 1 rings (SSSR count). The van der Waals surface area contributed by atoms with E-state index in [1.807, 2.05) is 6.92 Å². The Kier molecular flexibility index (Phi) is 8.16. The number of hydrogen-bond acceptors (Lipinski definition) is 5. The molecular weight excluding hydrogens is 332 g/mol. The highest BCUT2D eigenvalue weighted by Gasteiger charge is 2.25. The van der Waals surface area contributed by atoms with E-state index < -0.39 is 15.2 Å². The third kappa shape index (κ3) is 9.35. The Morgan fingerprint density at radius 2 is 1.05 bits per heavy atom. The van der Waals surface area contributed by atoms with Crippen LogP contribution in [-0.2, 0) is 9.13 Å². The fourth-order valence-electron chi connectivity index (χ4n) is 2.53. The molecule has 0 radical (unpaired) electrons. The number of hydrogen-bond donors (Lipinski definition) is 4. The predicted molar refractivity (Wildman–Crippen MR) is 83.7 cm³/mol. The van der Waals surface area contributed by atoms with Crippen molar-refractivity contribution < 1.29 is 28.7 Å². The van der Waals surface area contributed by atoms with Gasteiger partial charge in [0.1, 0.15) is 12.6 Å². The smallest absolute Gasteiger partial charge is 0.324 e. The van der Waals surface area contributed by atoms with Gasteiger partial charge < -0.3 is 24.5 Å². The van der Waals surface area contributed by atoms with Crippen molar-refractivity contribution in [2.24, 2.45) is 0 Å². The Balaban J connectivity index is 2.73. The zero-order valence-corrected chi connectivity index (χ0v) is 14.7. The van der Waals surface area contributed by atoms with Crippen molar-refractivity contribution in [3.8, 4) is 0 Å². The van der Waals surface area contributed by atoms with Crippen LogP contribution < -0.4 is 0 Å². The molecule has 0 saturated carbocycles. The maximum Gasteiger partial charge on any atom is 0.339 e. The molecule has 0 aliphatic carbocycles. The molecule has 1 aliphatic rings. The van der Waals surface area contributed by atoms with Gasteiger partial charge in [-0.05, 0) is 13.0 Å². The average molecular weight is 359 g/mol. The molecule has 0 atom stereocenters. The maximum absolute atomic E-state index is 11.2. The van der Waals surface area contributed by atoms with Gasteiger partial charge in [0.2, 0.25) is 0 Å². The van der Waals surface area contributed by atoms with Gasteiger partial charge in [-0.25, -0.2) is 0 Å². The molecule has 0 unspecified atom stereocenters. The van der Waals surface area contributed by atoms with E-state index >= 15 is 0 Å². The fourth-order valence-corrected chi connectivity index (χ4v) is 4.14. The Bertz CT molecular complexity index is 390. The van der Waals surface area contributed by atoms with E-state index in [-0.39, 0.29) is 12.6 Å². The third-order valence-corrected chi connectivity index (χ3v) is 5.04. The van der Waals surface area contributed by atoms with Crippen LogP contribution in [0.25, 0.3) is 0 Å². The standard InChI is InChI=1S/C11H27N3O6P2/c1-2-3-12-4-6-13(10-21(15,16)17)8-9-14(7-5-12)11-22(18,19)20/h2-11H2,1H3,(H2,15,16,17)(H2,18,19,20). The summed E-state index contributed by atoms with van der Waals surface area (Å²) < 4.78 is 22.4. The van der Waals surface area contributed by atoms with Crippen molar-refractivity contribution in [3.63, 3.8) is 0 Å². The van der Waals surface area contributed by atoms with E-state index in [2.05, 4.69) is 4.90 Å². The molecule has 132 valence electrons. The third-order valence-electron chi connectivity index (χ3n) is 3.51. The van der Waals surface area contributed by atoms with Gasteiger partial charge in [-0.2, -0.15) is 0 Å². The van der Waals surface area contributed by atoms with Gasteiger partial charge in [0.25, 0.3) is 0 Å². The maximum atomic E-state index is 11.2. The lowest BCUT2D eigenvalue weighted by Gasteiger charge is -2.25. The molecule has 1 saturated heterocycles. The van der Waals surface area contributed by atoms with Crippen molar-refractivity contribution in [3.05, 3.63) is 0 Å². The van der Waals surface area contributed by atoms with Crippen LogP contribution in [0, 0.1) is 0 Å². The van der Waals surface area contributed by atoms with Crippen LogP contribution >= 0.6 is 15.2 Å². The molecule has 0 spiro atoms. The first-order valence-electron chi connectivity index (χ1n) is 7.35. The van der Waals surface area contributed by atoms with Gasteiger partial charge >= 0.3 is 15.2 Å². The topological polar surface area (TPSA) is 125 Å². The van der Waals surface area contributed by atoms with Crippen LogP contribution in [0.4, 0.5) is 0 Å². The minimum absolute atomic E-state index is 0.323. The van der Waals surface area contributed by atoms with Crippen molar-refractivity contribution in [1.29, 1.82) is 0 Å². The second kappa shape index (κ2) is 8.87. The largest absolute Gasteiger partial charge is 0.339 e. The van der Waals surface area contributed by atoms with Crippen molar-refractivity contribution >= 4 is 15.2 Å². The van der Waals surface area contributed by atoms with Gasteiger partial charge in [0.15, 0.2) is 0 Å². The summed E-state index contributed by atoms with van der Waals surface area (Å²) in [5.74, 6) is 0. The molecule has 4 N–H and O–H groups in total. The molecule has 1 heterocycles. The van der Waals surface area contributed by atoms with Gasteiger partial charge in [0.05, 0.1) is 0 Å². The lowest BCUT2D eigenvalue weighted by molar-refractivity contribution is 0.224. The van der Waals surface area contributed by atoms with Crippen LogP contribution in [0.2, 0.25) is 0 Å². The van der Waals surface area contributed by atoms with Gasteiger partial charge in [-0.15, -0.1) is 0 Å². The van der Waals surface area contributed by atoms with Crippen molar-refractivity contribution in [2.45, 2.75) is 13.3 Å². The Morgan fingerprint density at radius 1 is 0.727 bits per heavy atom. The first kappa shape index (κ1) is 20.2. The van der Waals surface area contributed by atoms with Crippen LogP contribution in [0.5, 0.6) is 0 Å². The fraction of sp³-hybridized carbons (Fsp3) is 1.00. The van der Waals surface area contributed by atoms with Crippen molar-refractivity contribution in [1.82, 2.24) is 14.7 Å².